The number of nitrogens with two attached hydrogens (primary N) is 1. The molecule has 7 heteroatoms. The van der Waals surface area contributed by atoms with Gasteiger partial charge < -0.3 is 5.73 Å². The first-order valence-corrected chi connectivity index (χ1v) is 7.93. The minimum Gasteiger partial charge on any atom is -0.398 e. The quantitative estimate of drug-likeness (QED) is 0.462. The van der Waals surface area contributed by atoms with Gasteiger partial charge in [-0.05, 0) is 42.8 Å². The topological polar surface area (TPSA) is 67.5 Å². The molecule has 0 aliphatic carbocycles. The third-order valence-electron chi connectivity index (χ3n) is 3.13. The average molecular weight is 371 g/mol. The van der Waals surface area contributed by atoms with Gasteiger partial charge in [-0.1, -0.05) is 41.7 Å². The smallest absolute Gasteiger partial charge is 0.272 e. The number of halogens is 3. The van der Waals surface area contributed by atoms with E-state index in [1.165, 1.54) is 12.1 Å². The van der Waals surface area contributed by atoms with Crippen LogP contribution in [-0.4, -0.2) is 11.6 Å². The van der Waals surface area contributed by atoms with Crippen molar-refractivity contribution in [1.29, 1.82) is 0 Å². The molecule has 0 fully saturated rings. The highest BCUT2D eigenvalue weighted by Gasteiger charge is 2.12. The van der Waals surface area contributed by atoms with E-state index in [2.05, 4.69) is 10.5 Å². The van der Waals surface area contributed by atoms with Crippen LogP contribution in [0.2, 0.25) is 15.1 Å². The van der Waals surface area contributed by atoms with E-state index in [9.17, 15) is 4.79 Å². The predicted molar refractivity (Wildman–Crippen MR) is 96.6 cm³/mol. The van der Waals surface area contributed by atoms with Crippen molar-refractivity contribution in [1.82, 2.24) is 5.43 Å². The van der Waals surface area contributed by atoms with Crippen LogP contribution in [0, 0.1) is 0 Å². The predicted octanol–water partition coefficient (Wildman–Crippen LogP) is 4.77. The summed E-state index contributed by atoms with van der Waals surface area (Å²) >= 11 is 17.8. The second-order valence-electron chi connectivity index (χ2n) is 4.71. The molecule has 2 aromatic carbocycles. The summed E-state index contributed by atoms with van der Waals surface area (Å²) in [7, 11) is 0. The van der Waals surface area contributed by atoms with Gasteiger partial charge in [0.05, 0.1) is 16.3 Å². The molecule has 0 saturated carbocycles. The van der Waals surface area contributed by atoms with Crippen LogP contribution in [0.3, 0.4) is 0 Å². The maximum atomic E-state index is 12.2. The molecular formula is C16H14Cl3N3O. The third kappa shape index (κ3) is 4.38. The standard InChI is InChI=1S/C16H14Cl3N3O/c1-2-15(12-7-9(17)4-6-14(12)20)21-22-16(23)11-5-3-10(18)8-13(11)19/h3-8H,2,20H2,1H3,(H,22,23)/b21-15+. The average Bonchev–Trinajstić information content (AvgIpc) is 2.51. The van der Waals surface area contributed by atoms with E-state index in [-0.39, 0.29) is 10.6 Å². The summed E-state index contributed by atoms with van der Waals surface area (Å²) in [6.45, 7) is 1.90. The molecule has 2 rings (SSSR count). The van der Waals surface area contributed by atoms with Crippen molar-refractivity contribution in [3.63, 3.8) is 0 Å². The van der Waals surface area contributed by atoms with Gasteiger partial charge in [0, 0.05) is 21.3 Å². The molecule has 1 amide bonds. The monoisotopic (exact) mass is 369 g/mol. The number of nitrogens with one attached hydrogen (secondary N) is 1. The summed E-state index contributed by atoms with van der Waals surface area (Å²) < 4.78 is 0. The highest BCUT2D eigenvalue weighted by Crippen LogP contribution is 2.22. The molecule has 0 spiro atoms. The Morgan fingerprint density at radius 3 is 2.39 bits per heavy atom. The van der Waals surface area contributed by atoms with Gasteiger partial charge in [0.25, 0.3) is 5.91 Å². The van der Waals surface area contributed by atoms with Crippen molar-refractivity contribution in [3.05, 3.63) is 62.6 Å². The first kappa shape index (κ1) is 17.6. The van der Waals surface area contributed by atoms with Crippen molar-refractivity contribution in [2.24, 2.45) is 5.10 Å². The zero-order valence-corrected chi connectivity index (χ0v) is 14.5. The fraction of sp³-hybridized carbons (Fsp3) is 0.125. The highest BCUT2D eigenvalue weighted by atomic mass is 35.5. The molecule has 0 aliphatic rings. The van der Waals surface area contributed by atoms with E-state index in [0.717, 1.165) is 0 Å². The van der Waals surface area contributed by atoms with Crippen LogP contribution in [0.4, 0.5) is 5.69 Å². The van der Waals surface area contributed by atoms with E-state index in [4.69, 9.17) is 40.5 Å². The van der Waals surface area contributed by atoms with Crippen LogP contribution in [-0.2, 0) is 0 Å². The molecule has 0 aromatic heterocycles. The maximum Gasteiger partial charge on any atom is 0.272 e. The number of hydrogen-bond donors (Lipinski definition) is 2. The second-order valence-corrected chi connectivity index (χ2v) is 5.99. The number of carbonyl (C=O) groups excluding carboxylic acids is 1. The van der Waals surface area contributed by atoms with E-state index in [1.54, 1.807) is 24.3 Å². The number of benzene rings is 2. The molecule has 4 nitrogen and oxygen atoms in total. The van der Waals surface area contributed by atoms with Gasteiger partial charge in [-0.15, -0.1) is 0 Å². The summed E-state index contributed by atoms with van der Waals surface area (Å²) in [6.07, 6.45) is 0.569. The molecule has 0 atom stereocenters. The number of nitrogen functional groups attached to an aromatic ring is 1. The van der Waals surface area contributed by atoms with Crippen molar-refractivity contribution >= 4 is 52.1 Å². The summed E-state index contributed by atoms with van der Waals surface area (Å²) in [5.74, 6) is -0.432. The molecule has 0 bridgehead atoms. The fourth-order valence-corrected chi connectivity index (χ4v) is 2.63. The molecule has 120 valence electrons. The Hall–Kier alpha value is -1.75. The molecular weight excluding hydrogens is 357 g/mol. The van der Waals surface area contributed by atoms with E-state index in [0.29, 0.717) is 33.4 Å². The molecule has 0 unspecified atom stereocenters. The van der Waals surface area contributed by atoms with Crippen LogP contribution in [0.1, 0.15) is 29.3 Å². The van der Waals surface area contributed by atoms with Crippen molar-refractivity contribution in [3.8, 4) is 0 Å². The number of rotatable bonds is 4. The van der Waals surface area contributed by atoms with Gasteiger partial charge >= 0.3 is 0 Å². The Labute approximate surface area is 149 Å². The fourth-order valence-electron chi connectivity index (χ4n) is 1.96. The summed E-state index contributed by atoms with van der Waals surface area (Å²) in [5, 5.41) is 5.39. The molecule has 0 aliphatic heterocycles. The number of amides is 1. The second kappa shape index (κ2) is 7.68. The number of carbonyl (C=O) groups is 1. The van der Waals surface area contributed by atoms with Crippen molar-refractivity contribution in [2.75, 3.05) is 5.73 Å². The first-order chi connectivity index (χ1) is 10.9. The molecule has 0 radical (unpaired) electrons. The van der Waals surface area contributed by atoms with Crippen molar-refractivity contribution < 1.29 is 4.79 Å². The Morgan fingerprint density at radius 1 is 1.09 bits per heavy atom. The normalized spacial score (nSPS) is 11.4. The number of hydrogen-bond acceptors (Lipinski definition) is 3. The zero-order chi connectivity index (χ0) is 17.0. The molecule has 0 saturated heterocycles. The van der Waals surface area contributed by atoms with Gasteiger partial charge in [0.2, 0.25) is 0 Å². The number of hydrazone groups is 1. The van der Waals surface area contributed by atoms with Crippen molar-refractivity contribution in [2.45, 2.75) is 13.3 Å². The lowest BCUT2D eigenvalue weighted by Crippen LogP contribution is -2.20. The number of nitrogens with zero attached hydrogens (tertiary/aromatic N) is 1. The SMILES string of the molecule is CC/C(=N\NC(=O)c1ccc(Cl)cc1Cl)c1cc(Cl)ccc1N. The Morgan fingerprint density at radius 2 is 1.74 bits per heavy atom. The minimum atomic E-state index is -0.432. The summed E-state index contributed by atoms with van der Waals surface area (Å²) in [5.41, 5.74) is 10.5. The summed E-state index contributed by atoms with van der Waals surface area (Å²) in [6, 6.07) is 9.72. The van der Waals surface area contributed by atoms with Crippen LogP contribution < -0.4 is 11.2 Å². The first-order valence-electron chi connectivity index (χ1n) is 6.79. The molecule has 3 N–H and O–H groups in total. The van der Waals surface area contributed by atoms with Gasteiger partial charge in [0.15, 0.2) is 0 Å². The number of anilines is 1. The minimum absolute atomic E-state index is 0.255. The highest BCUT2D eigenvalue weighted by molar-refractivity contribution is 6.36. The van der Waals surface area contributed by atoms with Gasteiger partial charge in [-0.25, -0.2) is 5.43 Å². The van der Waals surface area contributed by atoms with E-state index >= 15 is 0 Å². The molecule has 23 heavy (non-hydrogen) atoms. The largest absolute Gasteiger partial charge is 0.398 e. The molecule has 0 heterocycles. The maximum absolute atomic E-state index is 12.2. The van der Waals surface area contributed by atoms with Gasteiger partial charge in [-0.3, -0.25) is 4.79 Å². The Balaban J connectivity index is 2.25. The lowest BCUT2D eigenvalue weighted by molar-refractivity contribution is 0.0955. The Bertz CT molecular complexity index is 775. The lowest BCUT2D eigenvalue weighted by atomic mass is 10.1. The molecule has 2 aromatic rings. The summed E-state index contributed by atoms with van der Waals surface area (Å²) in [4.78, 5) is 12.2. The third-order valence-corrected chi connectivity index (χ3v) is 3.91. The van der Waals surface area contributed by atoms with E-state index < -0.39 is 5.91 Å². The van der Waals surface area contributed by atoms with Gasteiger partial charge in [0.1, 0.15) is 0 Å². The lowest BCUT2D eigenvalue weighted by Gasteiger charge is -2.09. The van der Waals surface area contributed by atoms with Crippen LogP contribution in [0.25, 0.3) is 0 Å². The van der Waals surface area contributed by atoms with Crippen LogP contribution in [0.5, 0.6) is 0 Å². The van der Waals surface area contributed by atoms with Crippen LogP contribution in [0.15, 0.2) is 41.5 Å². The van der Waals surface area contributed by atoms with Gasteiger partial charge in [-0.2, -0.15) is 5.10 Å². The zero-order valence-electron chi connectivity index (χ0n) is 12.2. The van der Waals surface area contributed by atoms with E-state index in [1.807, 2.05) is 6.92 Å². The Kier molecular flexibility index (Phi) is 5.88. The van der Waals surface area contributed by atoms with Crippen LogP contribution >= 0.6 is 34.8 Å².